The van der Waals surface area contributed by atoms with Crippen LogP contribution in [0.1, 0.15) is 34.5 Å². The Balaban J connectivity index is 1.74. The fraction of sp³-hybridized carbons (Fsp3) is 0.385. The minimum Gasteiger partial charge on any atom is -0.480 e. The number of nitrogens with zero attached hydrogens (tertiary/aromatic N) is 3. The molecule has 1 aliphatic carbocycles. The van der Waals surface area contributed by atoms with Crippen LogP contribution in [0.4, 0.5) is 0 Å². The van der Waals surface area contributed by atoms with E-state index in [0.717, 1.165) is 24.1 Å². The minimum absolute atomic E-state index is 0.159. The number of ether oxygens (including phenoxy) is 1. The first-order chi connectivity index (χ1) is 9.78. The lowest BCUT2D eigenvalue weighted by atomic mass is 9.96. The Kier molecular flexibility index (Phi) is 3.98. The lowest BCUT2D eigenvalue weighted by Crippen LogP contribution is -2.13. The topological polar surface area (TPSA) is 65.0 Å². The summed E-state index contributed by atoms with van der Waals surface area (Å²) in [4.78, 5) is 20.5. The normalized spacial score (nSPS) is 14.2. The van der Waals surface area contributed by atoms with Gasteiger partial charge in [-0.2, -0.15) is 4.37 Å². The summed E-state index contributed by atoms with van der Waals surface area (Å²) in [5.41, 5.74) is 2.62. The highest BCUT2D eigenvalue weighted by atomic mass is 32.2. The van der Waals surface area contributed by atoms with E-state index in [1.54, 1.807) is 13.3 Å². The van der Waals surface area contributed by atoms with Crippen molar-refractivity contribution in [3.63, 3.8) is 0 Å². The molecule has 7 heteroatoms. The second-order valence-electron chi connectivity index (χ2n) is 4.43. The van der Waals surface area contributed by atoms with E-state index in [2.05, 4.69) is 14.3 Å². The highest BCUT2D eigenvalue weighted by Gasteiger charge is 2.19. The summed E-state index contributed by atoms with van der Waals surface area (Å²) in [6.07, 6.45) is 4.02. The van der Waals surface area contributed by atoms with Gasteiger partial charge in [-0.3, -0.25) is 4.79 Å². The number of carbonyl (C=O) groups is 1. The Morgan fingerprint density at radius 2 is 2.35 bits per heavy atom. The van der Waals surface area contributed by atoms with Crippen LogP contribution in [0.5, 0.6) is 5.88 Å². The smallest absolute Gasteiger partial charge is 0.228 e. The van der Waals surface area contributed by atoms with Gasteiger partial charge in [-0.25, -0.2) is 9.97 Å². The van der Waals surface area contributed by atoms with Crippen molar-refractivity contribution in [3.8, 4) is 5.88 Å². The fourth-order valence-electron chi connectivity index (χ4n) is 2.10. The van der Waals surface area contributed by atoms with Crippen molar-refractivity contribution in [2.75, 3.05) is 7.11 Å². The van der Waals surface area contributed by atoms with E-state index in [1.165, 1.54) is 23.3 Å². The highest BCUT2D eigenvalue weighted by molar-refractivity contribution is 7.98. The number of rotatable bonds is 4. The molecule has 0 spiro atoms. The van der Waals surface area contributed by atoms with Crippen molar-refractivity contribution < 1.29 is 9.53 Å². The molecule has 0 saturated carbocycles. The standard InChI is InChI=1S/C13H13N3O2S2/c1-18-12-8(7-20-16-12)6-19-13-14-5-9-10(15-13)3-2-4-11(9)17/h5,7H,2-4,6H2,1H3. The molecule has 3 rings (SSSR count). The number of hydrogen-bond acceptors (Lipinski definition) is 7. The van der Waals surface area contributed by atoms with Gasteiger partial charge in [0.15, 0.2) is 10.9 Å². The summed E-state index contributed by atoms with van der Waals surface area (Å²) in [5.74, 6) is 1.54. The Hall–Kier alpha value is -1.47. The molecule has 0 radical (unpaired) electrons. The molecule has 0 aromatic carbocycles. The molecule has 20 heavy (non-hydrogen) atoms. The second-order valence-corrected chi connectivity index (χ2v) is 6.00. The molecule has 0 amide bonds. The molecule has 2 heterocycles. The summed E-state index contributed by atoms with van der Waals surface area (Å²) < 4.78 is 9.33. The SMILES string of the molecule is COc1nscc1CSc1ncc2c(n1)CCCC2=O. The fourth-order valence-corrected chi connectivity index (χ4v) is 3.65. The number of carbonyl (C=O) groups excluding carboxylic acids is 1. The third-order valence-corrected chi connectivity index (χ3v) is 4.69. The summed E-state index contributed by atoms with van der Waals surface area (Å²) in [7, 11) is 1.62. The van der Waals surface area contributed by atoms with Crippen molar-refractivity contribution in [1.82, 2.24) is 14.3 Å². The molecule has 2 aromatic heterocycles. The van der Waals surface area contributed by atoms with Gasteiger partial charge in [-0.1, -0.05) is 11.8 Å². The molecule has 0 aliphatic heterocycles. The first-order valence-corrected chi connectivity index (χ1v) is 8.09. The van der Waals surface area contributed by atoms with E-state index in [9.17, 15) is 4.79 Å². The van der Waals surface area contributed by atoms with Gasteiger partial charge in [0.05, 0.1) is 18.4 Å². The monoisotopic (exact) mass is 307 g/mol. The van der Waals surface area contributed by atoms with Gasteiger partial charge in [0.2, 0.25) is 5.88 Å². The van der Waals surface area contributed by atoms with E-state index in [4.69, 9.17) is 4.74 Å². The van der Waals surface area contributed by atoms with Crippen LogP contribution in [-0.4, -0.2) is 27.2 Å². The van der Waals surface area contributed by atoms with Crippen LogP contribution in [0.15, 0.2) is 16.7 Å². The van der Waals surface area contributed by atoms with Crippen LogP contribution in [0.2, 0.25) is 0 Å². The molecule has 0 atom stereocenters. The molecule has 1 aliphatic rings. The largest absolute Gasteiger partial charge is 0.480 e. The first kappa shape index (κ1) is 13.5. The van der Waals surface area contributed by atoms with E-state index >= 15 is 0 Å². The van der Waals surface area contributed by atoms with Crippen molar-refractivity contribution in [2.45, 2.75) is 30.2 Å². The number of thioether (sulfide) groups is 1. The highest BCUT2D eigenvalue weighted by Crippen LogP contribution is 2.28. The zero-order valence-electron chi connectivity index (χ0n) is 11.0. The predicted octanol–water partition coefficient (Wildman–Crippen LogP) is 2.75. The van der Waals surface area contributed by atoms with Gasteiger partial charge in [0, 0.05) is 29.3 Å². The van der Waals surface area contributed by atoms with Crippen molar-refractivity contribution in [2.24, 2.45) is 0 Å². The maximum atomic E-state index is 11.7. The van der Waals surface area contributed by atoms with E-state index < -0.39 is 0 Å². The number of aryl methyl sites for hydroxylation is 1. The number of Topliss-reactive ketones (excluding diaryl/α,β-unsaturated/α-hetero) is 1. The number of aromatic nitrogens is 3. The molecule has 0 N–H and O–H groups in total. The summed E-state index contributed by atoms with van der Waals surface area (Å²) in [6.45, 7) is 0. The summed E-state index contributed by atoms with van der Waals surface area (Å²) >= 11 is 2.91. The van der Waals surface area contributed by atoms with Crippen molar-refractivity contribution >= 4 is 29.1 Å². The molecule has 2 aromatic rings. The number of hydrogen-bond donors (Lipinski definition) is 0. The molecule has 5 nitrogen and oxygen atoms in total. The van der Waals surface area contributed by atoms with Gasteiger partial charge in [-0.15, -0.1) is 0 Å². The van der Waals surface area contributed by atoms with E-state index in [0.29, 0.717) is 28.8 Å². The quantitative estimate of drug-likeness (QED) is 0.639. The average molecular weight is 307 g/mol. The molecule has 104 valence electrons. The Bertz CT molecular complexity index is 642. The predicted molar refractivity (Wildman–Crippen MR) is 77.5 cm³/mol. The maximum Gasteiger partial charge on any atom is 0.228 e. The van der Waals surface area contributed by atoms with E-state index in [1.807, 2.05) is 5.38 Å². The molecule has 0 unspecified atom stereocenters. The van der Waals surface area contributed by atoms with Gasteiger partial charge < -0.3 is 4.74 Å². The Morgan fingerprint density at radius 1 is 1.45 bits per heavy atom. The average Bonchev–Trinajstić information content (AvgIpc) is 2.92. The Morgan fingerprint density at radius 3 is 3.20 bits per heavy atom. The van der Waals surface area contributed by atoms with Gasteiger partial charge in [0.1, 0.15) is 0 Å². The van der Waals surface area contributed by atoms with Gasteiger partial charge in [-0.05, 0) is 24.4 Å². The molecule has 0 saturated heterocycles. The third kappa shape index (κ3) is 2.69. The van der Waals surface area contributed by atoms with E-state index in [-0.39, 0.29) is 5.78 Å². The van der Waals surface area contributed by atoms with Crippen LogP contribution in [0.3, 0.4) is 0 Å². The van der Waals surface area contributed by atoms with Crippen LogP contribution >= 0.6 is 23.3 Å². The van der Waals surface area contributed by atoms with Crippen LogP contribution < -0.4 is 4.74 Å². The zero-order chi connectivity index (χ0) is 13.9. The molecule has 0 bridgehead atoms. The second kappa shape index (κ2) is 5.88. The number of methoxy groups -OCH3 is 1. The number of fused-ring (bicyclic) bond motifs is 1. The molecular weight excluding hydrogens is 294 g/mol. The summed E-state index contributed by atoms with van der Waals surface area (Å²) in [5, 5.41) is 2.67. The number of ketones is 1. The minimum atomic E-state index is 0.159. The molecule has 0 fully saturated rings. The molecular formula is C13H13N3O2S2. The van der Waals surface area contributed by atoms with Gasteiger partial charge >= 0.3 is 0 Å². The van der Waals surface area contributed by atoms with Crippen molar-refractivity contribution in [1.29, 1.82) is 0 Å². The van der Waals surface area contributed by atoms with Crippen molar-refractivity contribution in [3.05, 3.63) is 28.4 Å². The van der Waals surface area contributed by atoms with Gasteiger partial charge in [0.25, 0.3) is 0 Å². The lowest BCUT2D eigenvalue weighted by Gasteiger charge is -2.13. The van der Waals surface area contributed by atoms with Crippen LogP contribution in [-0.2, 0) is 12.2 Å². The van der Waals surface area contributed by atoms with Crippen LogP contribution in [0, 0.1) is 0 Å². The lowest BCUT2D eigenvalue weighted by molar-refractivity contribution is 0.0970. The zero-order valence-corrected chi connectivity index (χ0v) is 12.6. The Labute approximate surface area is 125 Å². The maximum absolute atomic E-state index is 11.7. The third-order valence-electron chi connectivity index (χ3n) is 3.12. The first-order valence-electron chi connectivity index (χ1n) is 6.27. The summed E-state index contributed by atoms with van der Waals surface area (Å²) in [6, 6.07) is 0. The van der Waals surface area contributed by atoms with Crippen LogP contribution in [0.25, 0.3) is 0 Å².